The number of rotatable bonds is 5. The van der Waals surface area contributed by atoms with Crippen molar-refractivity contribution in [3.05, 3.63) is 0 Å². The maximum Gasteiger partial charge on any atom is 0.168 e. The van der Waals surface area contributed by atoms with Crippen molar-refractivity contribution in [2.45, 2.75) is 81.8 Å². The standard InChI is InChI=1S/C17H30N2O2/c1-4-10-18-14(5-1)11-19(15-6-7-15)12-16-13-20-17(21-16)8-2-3-9-17/h14-16,18H,1-13H2. The molecule has 2 atom stereocenters. The topological polar surface area (TPSA) is 33.7 Å². The summed E-state index contributed by atoms with van der Waals surface area (Å²) in [6, 6.07) is 1.51. The zero-order valence-electron chi connectivity index (χ0n) is 13.2. The maximum atomic E-state index is 6.32. The average molecular weight is 294 g/mol. The Balaban J connectivity index is 1.30. The monoisotopic (exact) mass is 294 g/mol. The fourth-order valence-electron chi connectivity index (χ4n) is 4.32. The maximum absolute atomic E-state index is 6.32. The first-order valence-corrected chi connectivity index (χ1v) is 9.12. The molecule has 2 saturated carbocycles. The Kier molecular flexibility index (Phi) is 4.23. The second-order valence-corrected chi connectivity index (χ2v) is 7.50. The zero-order valence-corrected chi connectivity index (χ0v) is 13.2. The highest BCUT2D eigenvalue weighted by molar-refractivity contribution is 4.91. The summed E-state index contributed by atoms with van der Waals surface area (Å²) in [4.78, 5) is 2.69. The van der Waals surface area contributed by atoms with E-state index in [-0.39, 0.29) is 5.79 Å². The highest BCUT2D eigenvalue weighted by atomic mass is 16.7. The quantitative estimate of drug-likeness (QED) is 0.843. The van der Waals surface area contributed by atoms with E-state index in [4.69, 9.17) is 9.47 Å². The van der Waals surface area contributed by atoms with Crippen LogP contribution in [0.4, 0.5) is 0 Å². The summed E-state index contributed by atoms with van der Waals surface area (Å²) in [7, 11) is 0. The van der Waals surface area contributed by atoms with Crippen LogP contribution in [0.5, 0.6) is 0 Å². The lowest BCUT2D eigenvalue weighted by molar-refractivity contribution is -0.163. The highest BCUT2D eigenvalue weighted by Crippen LogP contribution is 2.40. The molecule has 0 aromatic carbocycles. The highest BCUT2D eigenvalue weighted by Gasteiger charge is 2.45. The normalized spacial score (nSPS) is 35.9. The molecule has 4 heteroatoms. The Labute approximate surface area is 128 Å². The number of piperidine rings is 1. The molecule has 2 aliphatic carbocycles. The van der Waals surface area contributed by atoms with Gasteiger partial charge in [-0.3, -0.25) is 4.90 Å². The van der Waals surface area contributed by atoms with Crippen molar-refractivity contribution < 1.29 is 9.47 Å². The molecule has 1 N–H and O–H groups in total. The van der Waals surface area contributed by atoms with Crippen LogP contribution in [-0.2, 0) is 9.47 Å². The van der Waals surface area contributed by atoms with Crippen molar-refractivity contribution in [3.63, 3.8) is 0 Å². The van der Waals surface area contributed by atoms with E-state index >= 15 is 0 Å². The fraction of sp³-hybridized carbons (Fsp3) is 1.00. The van der Waals surface area contributed by atoms with Crippen LogP contribution in [0.15, 0.2) is 0 Å². The first kappa shape index (κ1) is 14.4. The van der Waals surface area contributed by atoms with Crippen molar-refractivity contribution in [1.29, 1.82) is 0 Å². The van der Waals surface area contributed by atoms with Crippen molar-refractivity contribution >= 4 is 0 Å². The summed E-state index contributed by atoms with van der Waals surface area (Å²) in [6.07, 6.45) is 11.9. The summed E-state index contributed by atoms with van der Waals surface area (Å²) in [5, 5.41) is 3.69. The summed E-state index contributed by atoms with van der Waals surface area (Å²) >= 11 is 0. The minimum atomic E-state index is -0.191. The van der Waals surface area contributed by atoms with Gasteiger partial charge in [0.25, 0.3) is 0 Å². The molecule has 1 spiro atoms. The van der Waals surface area contributed by atoms with Gasteiger partial charge in [-0.15, -0.1) is 0 Å². The minimum absolute atomic E-state index is 0.191. The largest absolute Gasteiger partial charge is 0.347 e. The summed E-state index contributed by atoms with van der Waals surface area (Å²) in [6.45, 7) is 4.29. The number of nitrogens with one attached hydrogen (secondary N) is 1. The third-order valence-corrected chi connectivity index (χ3v) is 5.65. The van der Waals surface area contributed by atoms with E-state index in [0.29, 0.717) is 12.1 Å². The molecule has 4 aliphatic rings. The third kappa shape index (κ3) is 3.44. The van der Waals surface area contributed by atoms with Crippen LogP contribution in [0, 0.1) is 0 Å². The smallest absolute Gasteiger partial charge is 0.168 e. The number of hydrogen-bond donors (Lipinski definition) is 1. The molecule has 0 aromatic rings. The van der Waals surface area contributed by atoms with Gasteiger partial charge in [0.1, 0.15) is 0 Å². The number of nitrogens with zero attached hydrogens (tertiary/aromatic N) is 1. The van der Waals surface area contributed by atoms with Gasteiger partial charge in [-0.25, -0.2) is 0 Å². The minimum Gasteiger partial charge on any atom is -0.347 e. The summed E-state index contributed by atoms with van der Waals surface area (Å²) in [5.41, 5.74) is 0. The van der Waals surface area contributed by atoms with Crippen molar-refractivity contribution in [3.8, 4) is 0 Å². The Hall–Kier alpha value is -0.160. The molecule has 2 aliphatic heterocycles. The molecule has 0 radical (unpaired) electrons. The number of ether oxygens (including phenoxy) is 2. The van der Waals surface area contributed by atoms with Gasteiger partial charge in [0, 0.05) is 38.0 Å². The van der Waals surface area contributed by atoms with E-state index in [1.807, 2.05) is 0 Å². The second kappa shape index (κ2) is 6.15. The van der Waals surface area contributed by atoms with Gasteiger partial charge < -0.3 is 14.8 Å². The van der Waals surface area contributed by atoms with E-state index in [0.717, 1.165) is 32.0 Å². The van der Waals surface area contributed by atoms with E-state index in [2.05, 4.69) is 10.2 Å². The molecule has 4 fully saturated rings. The van der Waals surface area contributed by atoms with Crippen LogP contribution in [0.25, 0.3) is 0 Å². The van der Waals surface area contributed by atoms with Gasteiger partial charge in [-0.05, 0) is 45.1 Å². The van der Waals surface area contributed by atoms with Crippen molar-refractivity contribution in [2.75, 3.05) is 26.2 Å². The molecular weight excluding hydrogens is 264 g/mol. The van der Waals surface area contributed by atoms with Crippen LogP contribution in [0.2, 0.25) is 0 Å². The molecule has 4 rings (SSSR count). The van der Waals surface area contributed by atoms with Crippen LogP contribution < -0.4 is 5.32 Å². The first-order chi connectivity index (χ1) is 10.3. The van der Waals surface area contributed by atoms with E-state index in [1.165, 1.54) is 58.0 Å². The summed E-state index contributed by atoms with van der Waals surface area (Å²) in [5.74, 6) is -0.191. The Bertz CT molecular complexity index is 347. The van der Waals surface area contributed by atoms with Crippen LogP contribution >= 0.6 is 0 Å². The van der Waals surface area contributed by atoms with Gasteiger partial charge in [0.15, 0.2) is 5.79 Å². The van der Waals surface area contributed by atoms with Crippen LogP contribution in [-0.4, -0.2) is 55.1 Å². The van der Waals surface area contributed by atoms with Gasteiger partial charge in [0.2, 0.25) is 0 Å². The number of hydrogen-bond acceptors (Lipinski definition) is 4. The van der Waals surface area contributed by atoms with Gasteiger partial charge in [-0.1, -0.05) is 6.42 Å². The predicted molar refractivity (Wildman–Crippen MR) is 82.3 cm³/mol. The SMILES string of the molecule is C1CCC(CN(CC2COC3(CCCC3)O2)C2CC2)NC1. The van der Waals surface area contributed by atoms with Gasteiger partial charge >= 0.3 is 0 Å². The Morgan fingerprint density at radius 2 is 1.86 bits per heavy atom. The van der Waals surface area contributed by atoms with E-state index in [9.17, 15) is 0 Å². The van der Waals surface area contributed by atoms with E-state index < -0.39 is 0 Å². The Morgan fingerprint density at radius 3 is 2.57 bits per heavy atom. The lowest BCUT2D eigenvalue weighted by Gasteiger charge is -2.32. The molecule has 2 saturated heterocycles. The molecule has 0 amide bonds. The molecule has 2 unspecified atom stereocenters. The Morgan fingerprint density at radius 1 is 1.00 bits per heavy atom. The summed E-state index contributed by atoms with van der Waals surface area (Å²) < 4.78 is 12.4. The zero-order chi connectivity index (χ0) is 14.1. The van der Waals surface area contributed by atoms with E-state index in [1.54, 1.807) is 0 Å². The van der Waals surface area contributed by atoms with Crippen LogP contribution in [0.3, 0.4) is 0 Å². The molecule has 0 bridgehead atoms. The van der Waals surface area contributed by atoms with Gasteiger partial charge in [-0.2, -0.15) is 0 Å². The third-order valence-electron chi connectivity index (χ3n) is 5.65. The first-order valence-electron chi connectivity index (χ1n) is 9.12. The molecule has 21 heavy (non-hydrogen) atoms. The lowest BCUT2D eigenvalue weighted by atomic mass is 10.0. The van der Waals surface area contributed by atoms with Gasteiger partial charge in [0.05, 0.1) is 12.7 Å². The van der Waals surface area contributed by atoms with Crippen LogP contribution in [0.1, 0.15) is 57.8 Å². The molecule has 4 nitrogen and oxygen atoms in total. The van der Waals surface area contributed by atoms with Crippen molar-refractivity contribution in [2.24, 2.45) is 0 Å². The van der Waals surface area contributed by atoms with Crippen molar-refractivity contribution in [1.82, 2.24) is 10.2 Å². The average Bonchev–Trinajstić information content (AvgIpc) is 3.15. The second-order valence-electron chi connectivity index (χ2n) is 7.50. The molecular formula is C17H30N2O2. The fourth-order valence-corrected chi connectivity index (χ4v) is 4.32. The molecule has 120 valence electrons. The molecule has 2 heterocycles. The predicted octanol–water partition coefficient (Wildman–Crippen LogP) is 2.28. The lowest BCUT2D eigenvalue weighted by Crippen LogP contribution is -2.47. The molecule has 0 aromatic heterocycles.